The highest BCUT2D eigenvalue weighted by atomic mass is 32.2. The number of carbonyl (C=O) groups is 2. The summed E-state index contributed by atoms with van der Waals surface area (Å²) < 4.78 is 25.0. The minimum Gasteiger partial charge on any atom is -0.342 e. The highest BCUT2D eigenvalue weighted by Gasteiger charge is 2.32. The Bertz CT molecular complexity index is 792. The second kappa shape index (κ2) is 8.42. The third kappa shape index (κ3) is 4.34. The molecule has 1 aromatic carbocycles. The normalized spacial score (nSPS) is 18.7. The van der Waals surface area contributed by atoms with Crippen LogP contribution in [0.15, 0.2) is 29.2 Å². The second-order valence-corrected chi connectivity index (χ2v) is 9.49. The zero-order chi connectivity index (χ0) is 19.4. The van der Waals surface area contributed by atoms with Gasteiger partial charge in [-0.2, -0.15) is 0 Å². The molecular formula is C20H28N2O4S. The van der Waals surface area contributed by atoms with Gasteiger partial charge in [0.05, 0.1) is 16.2 Å². The number of amides is 2. The van der Waals surface area contributed by atoms with Crippen molar-refractivity contribution in [3.8, 4) is 0 Å². The molecule has 7 heteroatoms. The third-order valence-electron chi connectivity index (χ3n) is 5.47. The van der Waals surface area contributed by atoms with Crippen molar-refractivity contribution in [3.63, 3.8) is 0 Å². The molecule has 27 heavy (non-hydrogen) atoms. The maximum absolute atomic E-state index is 13.0. The van der Waals surface area contributed by atoms with E-state index in [1.807, 2.05) is 11.8 Å². The van der Waals surface area contributed by atoms with Gasteiger partial charge in [0, 0.05) is 32.1 Å². The summed E-state index contributed by atoms with van der Waals surface area (Å²) in [4.78, 5) is 29.3. The van der Waals surface area contributed by atoms with Crippen LogP contribution in [0.1, 0.15) is 49.4 Å². The lowest BCUT2D eigenvalue weighted by Crippen LogP contribution is -2.44. The first kappa shape index (κ1) is 19.9. The largest absolute Gasteiger partial charge is 0.342 e. The third-order valence-corrected chi connectivity index (χ3v) is 7.45. The van der Waals surface area contributed by atoms with E-state index in [-0.39, 0.29) is 33.9 Å². The summed E-state index contributed by atoms with van der Waals surface area (Å²) in [6.07, 6.45) is 3.95. The summed E-state index contributed by atoms with van der Waals surface area (Å²) in [5.74, 6) is -0.0296. The minimum absolute atomic E-state index is 0.0220. The maximum atomic E-state index is 13.0. The highest BCUT2D eigenvalue weighted by molar-refractivity contribution is 7.91. The van der Waals surface area contributed by atoms with E-state index in [2.05, 4.69) is 0 Å². The standard InChI is InChI=1S/C20H28N2O4S/c1-2-15-27(25,26)18-8-4-3-7-17(18)20(24)22-13-9-16(10-14-22)19(23)21-11-5-6-12-21/h3-4,7-8,16H,2,5-6,9-15H2,1H3. The Morgan fingerprint density at radius 2 is 1.63 bits per heavy atom. The van der Waals surface area contributed by atoms with Crippen LogP contribution in [0.25, 0.3) is 0 Å². The van der Waals surface area contributed by atoms with Gasteiger partial charge in [-0.25, -0.2) is 8.42 Å². The van der Waals surface area contributed by atoms with Crippen molar-refractivity contribution in [3.05, 3.63) is 29.8 Å². The Labute approximate surface area is 161 Å². The van der Waals surface area contributed by atoms with Crippen LogP contribution in [-0.2, 0) is 14.6 Å². The second-order valence-electron chi connectivity index (χ2n) is 7.41. The average molecular weight is 393 g/mol. The molecule has 0 aromatic heterocycles. The lowest BCUT2D eigenvalue weighted by Gasteiger charge is -2.33. The molecule has 0 bridgehead atoms. The van der Waals surface area contributed by atoms with Gasteiger partial charge in [0.2, 0.25) is 5.91 Å². The summed E-state index contributed by atoms with van der Waals surface area (Å²) >= 11 is 0. The van der Waals surface area contributed by atoms with Crippen molar-refractivity contribution in [1.29, 1.82) is 0 Å². The summed E-state index contributed by atoms with van der Waals surface area (Å²) in [5.41, 5.74) is 0.246. The number of hydrogen-bond acceptors (Lipinski definition) is 4. The van der Waals surface area contributed by atoms with Crippen LogP contribution in [-0.4, -0.2) is 62.0 Å². The van der Waals surface area contributed by atoms with Crippen molar-refractivity contribution >= 4 is 21.7 Å². The van der Waals surface area contributed by atoms with Crippen LogP contribution in [0.3, 0.4) is 0 Å². The van der Waals surface area contributed by atoms with E-state index in [0.717, 1.165) is 25.9 Å². The van der Waals surface area contributed by atoms with Crippen molar-refractivity contribution in [2.45, 2.75) is 43.9 Å². The van der Waals surface area contributed by atoms with Crippen molar-refractivity contribution in [2.24, 2.45) is 5.92 Å². The molecule has 3 rings (SSSR count). The fourth-order valence-electron chi connectivity index (χ4n) is 3.99. The summed E-state index contributed by atoms with van der Waals surface area (Å²) in [6.45, 7) is 4.49. The quantitative estimate of drug-likeness (QED) is 0.771. The van der Waals surface area contributed by atoms with Gasteiger partial charge in [-0.15, -0.1) is 0 Å². The van der Waals surface area contributed by atoms with Gasteiger partial charge in [0.25, 0.3) is 5.91 Å². The zero-order valence-corrected chi connectivity index (χ0v) is 16.7. The zero-order valence-electron chi connectivity index (χ0n) is 15.9. The van der Waals surface area contributed by atoms with Crippen molar-refractivity contribution in [1.82, 2.24) is 9.80 Å². The van der Waals surface area contributed by atoms with E-state index in [1.54, 1.807) is 23.1 Å². The average Bonchev–Trinajstić information content (AvgIpc) is 3.22. The molecule has 0 spiro atoms. The number of piperidine rings is 1. The summed E-state index contributed by atoms with van der Waals surface area (Å²) in [5, 5.41) is 0. The van der Waals surface area contributed by atoms with Gasteiger partial charge in [-0.1, -0.05) is 19.1 Å². The molecule has 0 N–H and O–H groups in total. The predicted molar refractivity (Wildman–Crippen MR) is 103 cm³/mol. The highest BCUT2D eigenvalue weighted by Crippen LogP contribution is 2.25. The van der Waals surface area contributed by atoms with Crippen molar-refractivity contribution < 1.29 is 18.0 Å². The van der Waals surface area contributed by atoms with Crippen molar-refractivity contribution in [2.75, 3.05) is 31.9 Å². The minimum atomic E-state index is -3.47. The Morgan fingerprint density at radius 1 is 1.00 bits per heavy atom. The molecule has 2 aliphatic heterocycles. The van der Waals surface area contributed by atoms with E-state index in [4.69, 9.17) is 0 Å². The van der Waals surface area contributed by atoms with Gasteiger partial charge in [0.1, 0.15) is 0 Å². The molecule has 2 amide bonds. The lowest BCUT2D eigenvalue weighted by molar-refractivity contribution is -0.135. The first-order valence-electron chi connectivity index (χ1n) is 9.84. The number of benzene rings is 1. The monoisotopic (exact) mass is 392 g/mol. The summed E-state index contributed by atoms with van der Waals surface area (Å²) in [6, 6.07) is 6.45. The van der Waals surface area contributed by atoms with Gasteiger partial charge in [0.15, 0.2) is 9.84 Å². The molecule has 2 heterocycles. The Kier molecular flexibility index (Phi) is 6.19. The molecule has 0 atom stereocenters. The van der Waals surface area contributed by atoms with E-state index < -0.39 is 9.84 Å². The Morgan fingerprint density at radius 3 is 2.26 bits per heavy atom. The van der Waals surface area contributed by atoms with E-state index >= 15 is 0 Å². The van der Waals surface area contributed by atoms with Crippen LogP contribution in [0.2, 0.25) is 0 Å². The molecular weight excluding hydrogens is 364 g/mol. The molecule has 2 fully saturated rings. The lowest BCUT2D eigenvalue weighted by atomic mass is 9.95. The SMILES string of the molecule is CCCS(=O)(=O)c1ccccc1C(=O)N1CCC(C(=O)N2CCCC2)CC1. The van der Waals surface area contributed by atoms with Crippen LogP contribution < -0.4 is 0 Å². The van der Waals surface area contributed by atoms with Crippen LogP contribution in [0.5, 0.6) is 0 Å². The van der Waals surface area contributed by atoms with Crippen LogP contribution >= 0.6 is 0 Å². The molecule has 2 aliphatic rings. The number of sulfone groups is 1. The summed E-state index contributed by atoms with van der Waals surface area (Å²) in [7, 11) is -3.47. The fraction of sp³-hybridized carbons (Fsp3) is 0.600. The van der Waals surface area contributed by atoms with Gasteiger partial charge >= 0.3 is 0 Å². The Hall–Kier alpha value is -1.89. The molecule has 0 saturated carbocycles. The van der Waals surface area contributed by atoms with E-state index in [1.165, 1.54) is 6.07 Å². The number of carbonyl (C=O) groups excluding carboxylic acids is 2. The van der Waals surface area contributed by atoms with E-state index in [0.29, 0.717) is 32.4 Å². The molecule has 0 radical (unpaired) electrons. The number of likely N-dealkylation sites (tertiary alicyclic amines) is 2. The first-order valence-corrected chi connectivity index (χ1v) is 11.5. The molecule has 0 unspecified atom stereocenters. The topological polar surface area (TPSA) is 74.8 Å². The molecule has 6 nitrogen and oxygen atoms in total. The maximum Gasteiger partial charge on any atom is 0.255 e. The van der Waals surface area contributed by atoms with Crippen LogP contribution in [0, 0.1) is 5.92 Å². The molecule has 148 valence electrons. The van der Waals surface area contributed by atoms with Crippen LogP contribution in [0.4, 0.5) is 0 Å². The number of nitrogens with zero attached hydrogens (tertiary/aromatic N) is 2. The molecule has 1 aromatic rings. The van der Waals surface area contributed by atoms with Gasteiger partial charge in [-0.3, -0.25) is 9.59 Å². The van der Waals surface area contributed by atoms with E-state index in [9.17, 15) is 18.0 Å². The number of rotatable bonds is 5. The molecule has 2 saturated heterocycles. The number of hydrogen-bond donors (Lipinski definition) is 0. The van der Waals surface area contributed by atoms with Gasteiger partial charge in [-0.05, 0) is 44.2 Å². The predicted octanol–water partition coefficient (Wildman–Crippen LogP) is 2.34. The first-order chi connectivity index (χ1) is 12.9. The fourth-order valence-corrected chi connectivity index (χ4v) is 5.52. The smallest absolute Gasteiger partial charge is 0.255 e. The van der Waals surface area contributed by atoms with Gasteiger partial charge < -0.3 is 9.80 Å². The Balaban J connectivity index is 1.69. The molecule has 0 aliphatic carbocycles.